The van der Waals surface area contributed by atoms with Crippen molar-refractivity contribution >= 4 is 11.8 Å². The third kappa shape index (κ3) is 4.33. The van der Waals surface area contributed by atoms with Crippen LogP contribution in [-0.2, 0) is 11.3 Å². The zero-order chi connectivity index (χ0) is 16.1. The van der Waals surface area contributed by atoms with Gasteiger partial charge in [0.1, 0.15) is 0 Å². The molecule has 0 spiro atoms. The summed E-state index contributed by atoms with van der Waals surface area (Å²) >= 11 is 0. The second-order valence-corrected chi connectivity index (χ2v) is 6.44. The van der Waals surface area contributed by atoms with Crippen LogP contribution in [0.3, 0.4) is 0 Å². The molecule has 0 bridgehead atoms. The van der Waals surface area contributed by atoms with Gasteiger partial charge in [-0.1, -0.05) is 19.1 Å². The van der Waals surface area contributed by atoms with E-state index in [-0.39, 0.29) is 11.8 Å². The third-order valence-corrected chi connectivity index (χ3v) is 4.60. The molecule has 1 aliphatic rings. The van der Waals surface area contributed by atoms with Crippen molar-refractivity contribution in [1.82, 2.24) is 10.2 Å². The molecule has 0 aromatic heterocycles. The van der Waals surface area contributed by atoms with Crippen LogP contribution >= 0.6 is 0 Å². The Labute approximate surface area is 132 Å². The Bertz CT molecular complexity index is 516. The molecule has 22 heavy (non-hydrogen) atoms. The van der Waals surface area contributed by atoms with E-state index < -0.39 is 0 Å². The molecule has 0 heterocycles. The SMILES string of the molecule is CC(=O)NCc1ccc(C(=O)N(C)C2CCC(C)CC2)cc1. The summed E-state index contributed by atoms with van der Waals surface area (Å²) in [6.07, 6.45) is 4.62. The van der Waals surface area contributed by atoms with Crippen molar-refractivity contribution in [3.05, 3.63) is 35.4 Å². The van der Waals surface area contributed by atoms with E-state index in [0.29, 0.717) is 18.2 Å². The van der Waals surface area contributed by atoms with Crippen LogP contribution in [0.4, 0.5) is 0 Å². The first-order valence-corrected chi connectivity index (χ1v) is 8.08. The average molecular weight is 302 g/mol. The van der Waals surface area contributed by atoms with Gasteiger partial charge in [-0.25, -0.2) is 0 Å². The number of benzene rings is 1. The minimum absolute atomic E-state index is 0.0496. The Morgan fingerprint density at radius 2 is 1.73 bits per heavy atom. The first-order valence-electron chi connectivity index (χ1n) is 8.08. The van der Waals surface area contributed by atoms with Gasteiger partial charge in [0.2, 0.25) is 5.91 Å². The molecule has 1 N–H and O–H groups in total. The summed E-state index contributed by atoms with van der Waals surface area (Å²) in [5.41, 5.74) is 1.72. The van der Waals surface area contributed by atoms with Gasteiger partial charge in [-0.15, -0.1) is 0 Å². The quantitative estimate of drug-likeness (QED) is 0.929. The Hall–Kier alpha value is -1.84. The van der Waals surface area contributed by atoms with Gasteiger partial charge in [-0.05, 0) is 49.3 Å². The van der Waals surface area contributed by atoms with Gasteiger partial charge in [0.25, 0.3) is 5.91 Å². The number of nitrogens with one attached hydrogen (secondary N) is 1. The number of nitrogens with zero attached hydrogens (tertiary/aromatic N) is 1. The lowest BCUT2D eigenvalue weighted by atomic mass is 9.86. The lowest BCUT2D eigenvalue weighted by molar-refractivity contribution is -0.119. The van der Waals surface area contributed by atoms with Crippen LogP contribution in [0.5, 0.6) is 0 Å². The monoisotopic (exact) mass is 302 g/mol. The van der Waals surface area contributed by atoms with Crippen LogP contribution in [0.15, 0.2) is 24.3 Å². The number of rotatable bonds is 4. The number of carbonyl (C=O) groups is 2. The molecule has 0 atom stereocenters. The second-order valence-electron chi connectivity index (χ2n) is 6.44. The smallest absolute Gasteiger partial charge is 0.253 e. The summed E-state index contributed by atoms with van der Waals surface area (Å²) in [5.74, 6) is 0.824. The van der Waals surface area contributed by atoms with Gasteiger partial charge in [0.15, 0.2) is 0 Å². The molecule has 1 saturated carbocycles. The minimum Gasteiger partial charge on any atom is -0.352 e. The normalized spacial score (nSPS) is 21.2. The molecule has 1 aromatic carbocycles. The highest BCUT2D eigenvalue weighted by Gasteiger charge is 2.25. The standard InChI is InChI=1S/C18H26N2O2/c1-13-4-10-17(11-5-13)20(3)18(22)16-8-6-15(7-9-16)12-19-14(2)21/h6-9,13,17H,4-5,10-12H2,1-3H3,(H,19,21). The lowest BCUT2D eigenvalue weighted by Gasteiger charge is -2.33. The van der Waals surface area contributed by atoms with E-state index in [1.54, 1.807) is 0 Å². The molecule has 120 valence electrons. The van der Waals surface area contributed by atoms with Crippen LogP contribution in [0.25, 0.3) is 0 Å². The first-order chi connectivity index (χ1) is 10.5. The van der Waals surface area contributed by atoms with E-state index in [1.807, 2.05) is 36.2 Å². The van der Waals surface area contributed by atoms with Crippen LogP contribution in [0.2, 0.25) is 0 Å². The highest BCUT2D eigenvalue weighted by molar-refractivity contribution is 5.94. The molecule has 0 unspecified atom stereocenters. The molecular weight excluding hydrogens is 276 g/mol. The lowest BCUT2D eigenvalue weighted by Crippen LogP contribution is -2.39. The zero-order valence-electron chi connectivity index (χ0n) is 13.8. The number of hydrogen-bond acceptors (Lipinski definition) is 2. The van der Waals surface area contributed by atoms with Crippen molar-refractivity contribution in [2.75, 3.05) is 7.05 Å². The molecule has 0 aliphatic heterocycles. The Balaban J connectivity index is 1.95. The van der Waals surface area contributed by atoms with Crippen molar-refractivity contribution in [3.63, 3.8) is 0 Å². The first kappa shape index (κ1) is 16.5. The molecule has 2 amide bonds. The number of hydrogen-bond donors (Lipinski definition) is 1. The number of carbonyl (C=O) groups excluding carboxylic acids is 2. The van der Waals surface area contributed by atoms with Crippen molar-refractivity contribution in [2.45, 2.75) is 52.1 Å². The Morgan fingerprint density at radius 1 is 1.14 bits per heavy atom. The van der Waals surface area contributed by atoms with E-state index in [9.17, 15) is 9.59 Å². The van der Waals surface area contributed by atoms with E-state index in [4.69, 9.17) is 0 Å². The molecule has 1 aromatic rings. The minimum atomic E-state index is -0.0496. The predicted octanol–water partition coefficient (Wildman–Crippen LogP) is 2.97. The van der Waals surface area contributed by atoms with Gasteiger partial charge in [0.05, 0.1) is 0 Å². The van der Waals surface area contributed by atoms with Crippen LogP contribution < -0.4 is 5.32 Å². The predicted molar refractivity (Wildman–Crippen MR) is 87.5 cm³/mol. The molecule has 1 fully saturated rings. The van der Waals surface area contributed by atoms with E-state index in [2.05, 4.69) is 12.2 Å². The van der Waals surface area contributed by atoms with Gasteiger partial charge in [-0.2, -0.15) is 0 Å². The fourth-order valence-electron chi connectivity index (χ4n) is 2.99. The van der Waals surface area contributed by atoms with E-state index in [0.717, 1.165) is 24.3 Å². The maximum Gasteiger partial charge on any atom is 0.253 e. The summed E-state index contributed by atoms with van der Waals surface area (Å²) in [7, 11) is 1.91. The summed E-state index contributed by atoms with van der Waals surface area (Å²) in [4.78, 5) is 25.4. The summed E-state index contributed by atoms with van der Waals surface area (Å²) in [6.45, 7) is 4.28. The van der Waals surface area contributed by atoms with Crippen molar-refractivity contribution < 1.29 is 9.59 Å². The van der Waals surface area contributed by atoms with Crippen LogP contribution in [0.1, 0.15) is 55.5 Å². The third-order valence-electron chi connectivity index (χ3n) is 4.60. The topological polar surface area (TPSA) is 49.4 Å². The summed E-state index contributed by atoms with van der Waals surface area (Å²) < 4.78 is 0. The highest BCUT2D eigenvalue weighted by atomic mass is 16.2. The highest BCUT2D eigenvalue weighted by Crippen LogP contribution is 2.27. The molecule has 1 aliphatic carbocycles. The second kappa shape index (κ2) is 7.43. The van der Waals surface area contributed by atoms with Crippen LogP contribution in [-0.4, -0.2) is 29.8 Å². The van der Waals surface area contributed by atoms with Crippen molar-refractivity contribution in [1.29, 1.82) is 0 Å². The zero-order valence-corrected chi connectivity index (χ0v) is 13.8. The fraction of sp³-hybridized carbons (Fsp3) is 0.556. The maximum absolute atomic E-state index is 12.6. The van der Waals surface area contributed by atoms with Gasteiger partial charge >= 0.3 is 0 Å². The van der Waals surface area contributed by atoms with Gasteiger partial charge in [-0.3, -0.25) is 9.59 Å². The molecule has 4 heteroatoms. The van der Waals surface area contributed by atoms with Crippen molar-refractivity contribution in [2.24, 2.45) is 5.92 Å². The molecule has 0 saturated heterocycles. The van der Waals surface area contributed by atoms with Crippen molar-refractivity contribution in [3.8, 4) is 0 Å². The molecule has 0 radical (unpaired) electrons. The summed E-state index contributed by atoms with van der Waals surface area (Å²) in [6, 6.07) is 7.87. The Morgan fingerprint density at radius 3 is 2.27 bits per heavy atom. The maximum atomic E-state index is 12.6. The van der Waals surface area contributed by atoms with E-state index >= 15 is 0 Å². The van der Waals surface area contributed by atoms with Gasteiger partial charge < -0.3 is 10.2 Å². The fourth-order valence-corrected chi connectivity index (χ4v) is 2.99. The van der Waals surface area contributed by atoms with Gasteiger partial charge in [0, 0.05) is 32.1 Å². The average Bonchev–Trinajstić information content (AvgIpc) is 2.53. The molecule has 2 rings (SSSR count). The largest absolute Gasteiger partial charge is 0.352 e. The summed E-state index contributed by atoms with van der Waals surface area (Å²) in [5, 5.41) is 2.75. The van der Waals surface area contributed by atoms with Crippen LogP contribution in [0, 0.1) is 5.92 Å². The molecule has 4 nitrogen and oxygen atoms in total. The molecular formula is C18H26N2O2. The Kier molecular flexibility index (Phi) is 5.58. The number of amides is 2. The van der Waals surface area contributed by atoms with E-state index in [1.165, 1.54) is 19.8 Å².